The molecule has 0 aromatic heterocycles. The molecule has 1 saturated heterocycles. The topological polar surface area (TPSA) is 29.5 Å². The summed E-state index contributed by atoms with van der Waals surface area (Å²) < 4.78 is 5.26. The molecule has 2 heteroatoms. The van der Waals surface area contributed by atoms with Crippen molar-refractivity contribution in [2.24, 2.45) is 11.8 Å². The fraction of sp³-hybridized carbons (Fsp3) is 1.00. The van der Waals surface area contributed by atoms with Crippen molar-refractivity contribution in [3.8, 4) is 0 Å². The molecule has 0 bridgehead atoms. The van der Waals surface area contributed by atoms with E-state index in [0.29, 0.717) is 11.8 Å². The molecule has 2 nitrogen and oxygen atoms in total. The first-order valence-electron chi connectivity index (χ1n) is 4.82. The van der Waals surface area contributed by atoms with E-state index in [1.807, 2.05) is 6.92 Å². The molecule has 72 valence electrons. The van der Waals surface area contributed by atoms with E-state index in [0.717, 1.165) is 26.1 Å². The molecule has 0 radical (unpaired) electrons. The number of hydrogen-bond acceptors (Lipinski definition) is 2. The zero-order valence-corrected chi connectivity index (χ0v) is 8.34. The lowest BCUT2D eigenvalue weighted by atomic mass is 9.82. The fourth-order valence-electron chi connectivity index (χ4n) is 2.02. The van der Waals surface area contributed by atoms with E-state index in [4.69, 9.17) is 4.74 Å². The third-order valence-corrected chi connectivity index (χ3v) is 2.63. The highest BCUT2D eigenvalue weighted by atomic mass is 16.5. The lowest BCUT2D eigenvalue weighted by molar-refractivity contribution is -0.0217. The molecule has 1 heterocycles. The summed E-state index contributed by atoms with van der Waals surface area (Å²) in [5.41, 5.74) is -0.523. The summed E-state index contributed by atoms with van der Waals surface area (Å²) in [6, 6.07) is 0. The highest BCUT2D eigenvalue weighted by Crippen LogP contribution is 2.30. The van der Waals surface area contributed by atoms with Crippen molar-refractivity contribution in [2.75, 3.05) is 13.2 Å². The van der Waals surface area contributed by atoms with Crippen molar-refractivity contribution in [2.45, 2.75) is 39.2 Å². The van der Waals surface area contributed by atoms with Crippen molar-refractivity contribution in [1.82, 2.24) is 0 Å². The Labute approximate surface area is 74.9 Å². The Morgan fingerprint density at radius 3 is 2.67 bits per heavy atom. The second kappa shape index (κ2) is 3.75. The highest BCUT2D eigenvalue weighted by Gasteiger charge is 2.34. The van der Waals surface area contributed by atoms with Gasteiger partial charge in [-0.25, -0.2) is 0 Å². The van der Waals surface area contributed by atoms with Gasteiger partial charge in [0.25, 0.3) is 0 Å². The Morgan fingerprint density at radius 2 is 2.25 bits per heavy atom. The van der Waals surface area contributed by atoms with Gasteiger partial charge in [-0.1, -0.05) is 13.8 Å². The summed E-state index contributed by atoms with van der Waals surface area (Å²) in [5, 5.41) is 10.1. The fourth-order valence-corrected chi connectivity index (χ4v) is 2.02. The van der Waals surface area contributed by atoms with Gasteiger partial charge in [0.1, 0.15) is 0 Å². The van der Waals surface area contributed by atoms with Gasteiger partial charge < -0.3 is 9.84 Å². The molecule has 2 unspecified atom stereocenters. The SMILES string of the molecule is CC(C)CC(C)(O)C1CCOC1. The van der Waals surface area contributed by atoms with Crippen LogP contribution in [0.5, 0.6) is 0 Å². The average Bonchev–Trinajstić information content (AvgIpc) is 2.32. The number of aliphatic hydroxyl groups is 1. The average molecular weight is 172 g/mol. The van der Waals surface area contributed by atoms with Gasteiger partial charge in [-0.2, -0.15) is 0 Å². The molecule has 1 aliphatic heterocycles. The molecule has 0 saturated carbocycles. The van der Waals surface area contributed by atoms with Crippen molar-refractivity contribution in [1.29, 1.82) is 0 Å². The molecule has 1 N–H and O–H groups in total. The lowest BCUT2D eigenvalue weighted by Crippen LogP contribution is -2.36. The van der Waals surface area contributed by atoms with Crippen molar-refractivity contribution in [3.05, 3.63) is 0 Å². The smallest absolute Gasteiger partial charge is 0.0673 e. The molecular weight excluding hydrogens is 152 g/mol. The van der Waals surface area contributed by atoms with Crippen LogP contribution in [0.3, 0.4) is 0 Å². The summed E-state index contributed by atoms with van der Waals surface area (Å²) in [5.74, 6) is 0.903. The minimum Gasteiger partial charge on any atom is -0.390 e. The van der Waals surface area contributed by atoms with Gasteiger partial charge in [0.05, 0.1) is 12.2 Å². The zero-order valence-electron chi connectivity index (χ0n) is 8.34. The molecule has 12 heavy (non-hydrogen) atoms. The Balaban J connectivity index is 2.45. The van der Waals surface area contributed by atoms with Crippen LogP contribution in [0.4, 0.5) is 0 Å². The number of ether oxygens (including phenoxy) is 1. The third kappa shape index (κ3) is 2.46. The van der Waals surface area contributed by atoms with Crippen LogP contribution in [-0.2, 0) is 4.74 Å². The minimum atomic E-state index is -0.523. The van der Waals surface area contributed by atoms with Crippen LogP contribution in [-0.4, -0.2) is 23.9 Å². The Bertz CT molecular complexity index is 135. The monoisotopic (exact) mass is 172 g/mol. The van der Waals surface area contributed by atoms with E-state index < -0.39 is 5.60 Å². The quantitative estimate of drug-likeness (QED) is 0.703. The van der Waals surface area contributed by atoms with Gasteiger partial charge in [-0.15, -0.1) is 0 Å². The van der Waals surface area contributed by atoms with Crippen LogP contribution in [0.2, 0.25) is 0 Å². The first-order valence-corrected chi connectivity index (χ1v) is 4.82. The van der Waals surface area contributed by atoms with Crippen molar-refractivity contribution < 1.29 is 9.84 Å². The van der Waals surface area contributed by atoms with Crippen LogP contribution in [0, 0.1) is 11.8 Å². The van der Waals surface area contributed by atoms with E-state index in [1.165, 1.54) is 0 Å². The molecule has 0 aromatic rings. The first-order chi connectivity index (χ1) is 5.52. The van der Waals surface area contributed by atoms with Gasteiger partial charge in [0.15, 0.2) is 0 Å². The standard InChI is InChI=1S/C10H20O2/c1-8(2)6-10(3,11)9-4-5-12-7-9/h8-9,11H,4-7H2,1-3H3. The predicted octanol–water partition coefficient (Wildman–Crippen LogP) is 1.82. The maximum atomic E-state index is 10.1. The van der Waals surface area contributed by atoms with Crippen LogP contribution in [0.25, 0.3) is 0 Å². The maximum Gasteiger partial charge on any atom is 0.0673 e. The van der Waals surface area contributed by atoms with E-state index in [9.17, 15) is 5.11 Å². The second-order valence-corrected chi connectivity index (χ2v) is 4.52. The molecule has 1 aliphatic rings. The highest BCUT2D eigenvalue weighted by molar-refractivity contribution is 4.85. The summed E-state index contributed by atoms with van der Waals surface area (Å²) in [4.78, 5) is 0. The normalized spacial score (nSPS) is 29.2. The predicted molar refractivity (Wildman–Crippen MR) is 49.0 cm³/mol. The van der Waals surface area contributed by atoms with E-state index in [1.54, 1.807) is 0 Å². The molecule has 2 atom stereocenters. The van der Waals surface area contributed by atoms with Gasteiger partial charge >= 0.3 is 0 Å². The first kappa shape index (κ1) is 10.0. The van der Waals surface area contributed by atoms with Crippen molar-refractivity contribution >= 4 is 0 Å². The number of rotatable bonds is 3. The molecule has 0 spiro atoms. The van der Waals surface area contributed by atoms with Gasteiger partial charge in [0.2, 0.25) is 0 Å². The summed E-state index contributed by atoms with van der Waals surface area (Å²) in [6.07, 6.45) is 1.89. The van der Waals surface area contributed by atoms with E-state index >= 15 is 0 Å². The van der Waals surface area contributed by atoms with Gasteiger partial charge in [-0.3, -0.25) is 0 Å². The molecule has 1 rings (SSSR count). The Hall–Kier alpha value is -0.0800. The molecule has 0 amide bonds. The Morgan fingerprint density at radius 1 is 1.58 bits per heavy atom. The van der Waals surface area contributed by atoms with Gasteiger partial charge in [0, 0.05) is 12.5 Å². The van der Waals surface area contributed by atoms with E-state index in [-0.39, 0.29) is 0 Å². The van der Waals surface area contributed by atoms with Crippen LogP contribution in [0.1, 0.15) is 33.6 Å². The lowest BCUT2D eigenvalue weighted by Gasteiger charge is -2.30. The van der Waals surface area contributed by atoms with E-state index in [2.05, 4.69) is 13.8 Å². The number of hydrogen-bond donors (Lipinski definition) is 1. The minimum absolute atomic E-state index is 0.347. The maximum absolute atomic E-state index is 10.1. The summed E-state index contributed by atoms with van der Waals surface area (Å²) in [6.45, 7) is 7.78. The molecule has 1 fully saturated rings. The third-order valence-electron chi connectivity index (χ3n) is 2.63. The molecule has 0 aliphatic carbocycles. The second-order valence-electron chi connectivity index (χ2n) is 4.52. The van der Waals surface area contributed by atoms with Crippen LogP contribution in [0.15, 0.2) is 0 Å². The summed E-state index contributed by atoms with van der Waals surface area (Å²) in [7, 11) is 0. The van der Waals surface area contributed by atoms with Crippen molar-refractivity contribution in [3.63, 3.8) is 0 Å². The Kier molecular flexibility index (Phi) is 3.13. The van der Waals surface area contributed by atoms with Gasteiger partial charge in [-0.05, 0) is 25.7 Å². The summed E-state index contributed by atoms with van der Waals surface area (Å²) >= 11 is 0. The zero-order chi connectivity index (χ0) is 9.19. The van der Waals surface area contributed by atoms with Crippen LogP contribution >= 0.6 is 0 Å². The van der Waals surface area contributed by atoms with Crippen LogP contribution < -0.4 is 0 Å². The molecule has 0 aromatic carbocycles. The largest absolute Gasteiger partial charge is 0.390 e. The molecular formula is C10H20O2.